The molecule has 0 bridgehead atoms. The maximum atomic E-state index is 11.8. The molecule has 1 heterocycles. The van der Waals surface area contributed by atoms with Gasteiger partial charge < -0.3 is 19.5 Å². The van der Waals surface area contributed by atoms with E-state index in [1.165, 1.54) is 7.11 Å². The topological polar surface area (TPSA) is 59.0 Å². The largest absolute Gasteiger partial charge is 0.485 e. The molecule has 0 saturated carbocycles. The van der Waals surface area contributed by atoms with Crippen molar-refractivity contribution in [3.05, 3.63) is 23.8 Å². The Kier molecular flexibility index (Phi) is 3.95. The maximum absolute atomic E-state index is 11.8. The highest BCUT2D eigenvalue weighted by Crippen LogP contribution is 2.39. The van der Waals surface area contributed by atoms with Crippen LogP contribution in [0.4, 0.5) is 5.69 Å². The molecule has 0 spiro atoms. The highest BCUT2D eigenvalue weighted by Gasteiger charge is 2.33. The standard InChI is InChI=1S/C14H19NO4/c1-9-12(7-8-16)19-13-10(14(17)18-3)5-4-6-11(13)15(9)2/h4-6,9,12,16H,7-8H2,1-3H3. The lowest BCUT2D eigenvalue weighted by Gasteiger charge is -2.40. The number of carbonyl (C=O) groups is 1. The number of nitrogens with zero attached hydrogens (tertiary/aromatic N) is 1. The van der Waals surface area contributed by atoms with Gasteiger partial charge in [-0.05, 0) is 19.1 Å². The molecule has 0 amide bonds. The number of anilines is 1. The molecule has 1 aromatic carbocycles. The van der Waals surface area contributed by atoms with Gasteiger partial charge >= 0.3 is 5.97 Å². The van der Waals surface area contributed by atoms with Crippen LogP contribution in [0.15, 0.2) is 18.2 Å². The molecule has 1 aromatic rings. The van der Waals surface area contributed by atoms with Crippen LogP contribution in [0.2, 0.25) is 0 Å². The van der Waals surface area contributed by atoms with Gasteiger partial charge in [0.25, 0.3) is 0 Å². The van der Waals surface area contributed by atoms with E-state index in [2.05, 4.69) is 4.90 Å². The van der Waals surface area contributed by atoms with Crippen LogP contribution >= 0.6 is 0 Å². The zero-order valence-electron chi connectivity index (χ0n) is 11.4. The molecule has 5 nitrogen and oxygen atoms in total. The van der Waals surface area contributed by atoms with Crippen LogP contribution in [-0.2, 0) is 4.74 Å². The van der Waals surface area contributed by atoms with Crippen molar-refractivity contribution in [3.63, 3.8) is 0 Å². The van der Waals surface area contributed by atoms with E-state index in [1.807, 2.05) is 26.1 Å². The number of esters is 1. The normalized spacial score (nSPS) is 21.6. The first kappa shape index (κ1) is 13.7. The van der Waals surface area contributed by atoms with Crippen molar-refractivity contribution in [2.24, 2.45) is 0 Å². The molecule has 1 N–H and O–H groups in total. The summed E-state index contributed by atoms with van der Waals surface area (Å²) >= 11 is 0. The number of hydrogen-bond donors (Lipinski definition) is 1. The summed E-state index contributed by atoms with van der Waals surface area (Å²) in [6, 6.07) is 5.54. The zero-order valence-corrected chi connectivity index (χ0v) is 11.4. The number of aliphatic hydroxyl groups excluding tert-OH is 1. The number of aliphatic hydroxyl groups is 1. The SMILES string of the molecule is COC(=O)c1cccc2c1OC(CCO)C(C)N2C. The lowest BCUT2D eigenvalue weighted by Crippen LogP contribution is -2.46. The van der Waals surface area contributed by atoms with Crippen LogP contribution in [-0.4, -0.2) is 44.0 Å². The first-order valence-electron chi connectivity index (χ1n) is 6.31. The second-order valence-corrected chi connectivity index (χ2v) is 4.67. The third-order valence-electron chi connectivity index (χ3n) is 3.61. The molecule has 1 aliphatic heterocycles. The van der Waals surface area contributed by atoms with Crippen LogP contribution in [0.3, 0.4) is 0 Å². The summed E-state index contributed by atoms with van der Waals surface area (Å²) < 4.78 is 10.7. The van der Waals surface area contributed by atoms with Crippen molar-refractivity contribution in [1.29, 1.82) is 0 Å². The molecule has 0 saturated heterocycles. The molecule has 1 aliphatic rings. The number of para-hydroxylation sites is 1. The fraction of sp³-hybridized carbons (Fsp3) is 0.500. The van der Waals surface area contributed by atoms with Gasteiger partial charge in [-0.3, -0.25) is 0 Å². The van der Waals surface area contributed by atoms with Crippen LogP contribution in [0, 0.1) is 0 Å². The molecule has 2 rings (SSSR count). The van der Waals surface area contributed by atoms with Gasteiger partial charge in [-0.2, -0.15) is 0 Å². The number of fused-ring (bicyclic) bond motifs is 1. The van der Waals surface area contributed by atoms with Gasteiger partial charge in [-0.25, -0.2) is 4.79 Å². The van der Waals surface area contributed by atoms with Crippen LogP contribution in [0.5, 0.6) is 5.75 Å². The van der Waals surface area contributed by atoms with E-state index in [0.717, 1.165) is 5.69 Å². The van der Waals surface area contributed by atoms with E-state index in [4.69, 9.17) is 14.6 Å². The molecule has 0 fully saturated rings. The Morgan fingerprint density at radius 2 is 2.26 bits per heavy atom. The van der Waals surface area contributed by atoms with E-state index in [1.54, 1.807) is 6.07 Å². The summed E-state index contributed by atoms with van der Waals surface area (Å²) in [6.07, 6.45) is 0.383. The Hall–Kier alpha value is -1.75. The Bertz CT molecular complexity index is 475. The van der Waals surface area contributed by atoms with Crippen molar-refractivity contribution in [2.75, 3.05) is 25.7 Å². The van der Waals surface area contributed by atoms with Gasteiger partial charge in [0.05, 0.1) is 18.8 Å². The van der Waals surface area contributed by atoms with Crippen LogP contribution < -0.4 is 9.64 Å². The second-order valence-electron chi connectivity index (χ2n) is 4.67. The number of likely N-dealkylation sites (N-methyl/N-ethyl adjacent to an activating group) is 1. The van der Waals surface area contributed by atoms with E-state index in [9.17, 15) is 4.79 Å². The van der Waals surface area contributed by atoms with Gasteiger partial charge in [-0.15, -0.1) is 0 Å². The lowest BCUT2D eigenvalue weighted by molar-refractivity contribution is 0.0586. The van der Waals surface area contributed by atoms with Crippen LogP contribution in [0.1, 0.15) is 23.7 Å². The summed E-state index contributed by atoms with van der Waals surface area (Å²) in [4.78, 5) is 13.8. The van der Waals surface area contributed by atoms with Crippen molar-refractivity contribution >= 4 is 11.7 Å². The van der Waals surface area contributed by atoms with E-state index < -0.39 is 5.97 Å². The molecule has 0 aromatic heterocycles. The first-order valence-corrected chi connectivity index (χ1v) is 6.31. The minimum Gasteiger partial charge on any atom is -0.485 e. The lowest BCUT2D eigenvalue weighted by atomic mass is 10.0. The van der Waals surface area contributed by atoms with Crippen molar-refractivity contribution in [3.8, 4) is 5.75 Å². The number of ether oxygens (including phenoxy) is 2. The molecule has 2 atom stereocenters. The van der Waals surface area contributed by atoms with Gasteiger partial charge in [0.1, 0.15) is 11.7 Å². The van der Waals surface area contributed by atoms with Gasteiger partial charge in [0.15, 0.2) is 5.75 Å². The third kappa shape index (κ3) is 2.38. The Balaban J connectivity index is 2.44. The highest BCUT2D eigenvalue weighted by molar-refractivity contribution is 5.95. The monoisotopic (exact) mass is 265 g/mol. The predicted molar refractivity (Wildman–Crippen MR) is 71.8 cm³/mol. The summed E-state index contributed by atoms with van der Waals surface area (Å²) in [5, 5.41) is 9.11. The Morgan fingerprint density at radius 3 is 2.89 bits per heavy atom. The molecular formula is C14H19NO4. The molecule has 0 aliphatic carbocycles. The molecule has 104 valence electrons. The molecular weight excluding hydrogens is 246 g/mol. The second kappa shape index (κ2) is 5.48. The van der Waals surface area contributed by atoms with E-state index in [-0.39, 0.29) is 18.8 Å². The fourth-order valence-corrected chi connectivity index (χ4v) is 2.34. The highest BCUT2D eigenvalue weighted by atomic mass is 16.5. The molecule has 2 unspecified atom stereocenters. The van der Waals surface area contributed by atoms with Gasteiger partial charge in [-0.1, -0.05) is 6.07 Å². The molecule has 0 radical (unpaired) electrons. The van der Waals surface area contributed by atoms with Crippen molar-refractivity contribution in [2.45, 2.75) is 25.5 Å². The third-order valence-corrected chi connectivity index (χ3v) is 3.61. The summed E-state index contributed by atoms with van der Waals surface area (Å²) in [5.74, 6) is 0.121. The Labute approximate surface area is 112 Å². The summed E-state index contributed by atoms with van der Waals surface area (Å²) in [6.45, 7) is 2.09. The quantitative estimate of drug-likeness (QED) is 0.838. The van der Waals surface area contributed by atoms with Crippen molar-refractivity contribution in [1.82, 2.24) is 0 Å². The van der Waals surface area contributed by atoms with Crippen LogP contribution in [0.25, 0.3) is 0 Å². The molecule has 5 heteroatoms. The maximum Gasteiger partial charge on any atom is 0.341 e. The smallest absolute Gasteiger partial charge is 0.341 e. The predicted octanol–water partition coefficient (Wildman–Crippen LogP) is 1.44. The number of methoxy groups -OCH3 is 1. The number of hydrogen-bond acceptors (Lipinski definition) is 5. The number of benzene rings is 1. The average molecular weight is 265 g/mol. The number of carbonyl (C=O) groups excluding carboxylic acids is 1. The Morgan fingerprint density at radius 1 is 1.53 bits per heavy atom. The molecule has 19 heavy (non-hydrogen) atoms. The zero-order chi connectivity index (χ0) is 14.0. The average Bonchev–Trinajstić information content (AvgIpc) is 2.43. The number of rotatable bonds is 3. The summed E-state index contributed by atoms with van der Waals surface area (Å²) in [5.41, 5.74) is 1.28. The van der Waals surface area contributed by atoms with Crippen molar-refractivity contribution < 1.29 is 19.4 Å². The summed E-state index contributed by atoms with van der Waals surface area (Å²) in [7, 11) is 3.31. The van der Waals surface area contributed by atoms with Gasteiger partial charge in [0.2, 0.25) is 0 Å². The fourth-order valence-electron chi connectivity index (χ4n) is 2.34. The minimum absolute atomic E-state index is 0.0541. The first-order chi connectivity index (χ1) is 9.10. The van der Waals surface area contributed by atoms with E-state index >= 15 is 0 Å². The van der Waals surface area contributed by atoms with E-state index in [0.29, 0.717) is 17.7 Å². The van der Waals surface area contributed by atoms with Gasteiger partial charge in [0, 0.05) is 20.1 Å². The minimum atomic E-state index is -0.414.